The average molecular weight is 449 g/mol. The van der Waals surface area contributed by atoms with Crippen molar-refractivity contribution in [1.82, 2.24) is 19.5 Å². The van der Waals surface area contributed by atoms with E-state index in [1.165, 1.54) is 18.2 Å². The highest BCUT2D eigenvalue weighted by molar-refractivity contribution is 7.90. The Morgan fingerprint density at radius 3 is 2.66 bits per heavy atom. The summed E-state index contributed by atoms with van der Waals surface area (Å²) < 4.78 is 26.6. The number of anilines is 1. The number of rotatable bonds is 5. The quantitative estimate of drug-likeness (QED) is 0.617. The molecular weight excluding hydrogens is 430 g/mol. The fraction of sp³-hybridized carbons (Fsp3) is 0.273. The molecule has 2 aliphatic carbocycles. The number of hydrogen-bond donors (Lipinski definition) is 2. The topological polar surface area (TPSA) is 125 Å². The van der Waals surface area contributed by atoms with Crippen LogP contribution in [-0.4, -0.2) is 45.8 Å². The third-order valence-electron chi connectivity index (χ3n) is 5.94. The second kappa shape index (κ2) is 6.73. The summed E-state index contributed by atoms with van der Waals surface area (Å²) in [6.07, 6.45) is 3.59. The van der Waals surface area contributed by atoms with E-state index in [0.717, 1.165) is 28.5 Å². The van der Waals surface area contributed by atoms with Gasteiger partial charge in [0.2, 0.25) is 0 Å². The molecule has 0 unspecified atom stereocenters. The number of H-pyrrole nitrogens is 1. The molecule has 0 spiro atoms. The molecular formula is C22H19N5O4S. The first-order valence-electron chi connectivity index (χ1n) is 10.5. The van der Waals surface area contributed by atoms with Crippen LogP contribution in [0.25, 0.3) is 11.4 Å². The number of carbonyl (C=O) groups excluding carboxylic acids is 2. The third-order valence-corrected chi connectivity index (χ3v) is 7.81. The van der Waals surface area contributed by atoms with E-state index in [2.05, 4.69) is 20.5 Å². The molecule has 2 amide bonds. The van der Waals surface area contributed by atoms with Crippen LogP contribution < -0.4 is 5.32 Å². The number of hydrogen-bond acceptors (Lipinski definition) is 6. The van der Waals surface area contributed by atoms with E-state index in [9.17, 15) is 18.0 Å². The maximum atomic E-state index is 12.8. The van der Waals surface area contributed by atoms with Gasteiger partial charge < -0.3 is 5.32 Å². The molecule has 1 aliphatic heterocycles. The minimum Gasteiger partial charge on any atom is -0.322 e. The smallest absolute Gasteiger partial charge is 0.269 e. The Bertz CT molecular complexity index is 1390. The average Bonchev–Trinajstić information content (AvgIpc) is 3.72. The van der Waals surface area contributed by atoms with Crippen molar-refractivity contribution >= 4 is 27.5 Å². The molecule has 32 heavy (non-hydrogen) atoms. The second-order valence-corrected chi connectivity index (χ2v) is 10.2. The lowest BCUT2D eigenvalue weighted by Gasteiger charge is -2.13. The van der Waals surface area contributed by atoms with Gasteiger partial charge >= 0.3 is 0 Å². The highest BCUT2D eigenvalue weighted by Crippen LogP contribution is 2.40. The lowest BCUT2D eigenvalue weighted by atomic mass is 10.1. The van der Waals surface area contributed by atoms with Crippen molar-refractivity contribution in [2.24, 2.45) is 0 Å². The molecule has 1 aromatic heterocycles. The van der Waals surface area contributed by atoms with Crippen LogP contribution in [0.4, 0.5) is 5.69 Å². The monoisotopic (exact) mass is 449 g/mol. The molecule has 2 heterocycles. The van der Waals surface area contributed by atoms with Crippen LogP contribution in [-0.2, 0) is 10.0 Å². The largest absolute Gasteiger partial charge is 0.322 e. The highest BCUT2D eigenvalue weighted by Gasteiger charge is 2.48. The first-order valence-corrected chi connectivity index (χ1v) is 11.9. The summed E-state index contributed by atoms with van der Waals surface area (Å²) in [7, 11) is -3.92. The van der Waals surface area contributed by atoms with Gasteiger partial charge in [-0.05, 0) is 56.0 Å². The van der Waals surface area contributed by atoms with Gasteiger partial charge in [0, 0.05) is 28.8 Å². The number of fused-ring (bicyclic) bond motifs is 1. The Hall–Kier alpha value is -3.53. The zero-order valence-corrected chi connectivity index (χ0v) is 17.7. The molecule has 0 radical (unpaired) electrons. The predicted molar refractivity (Wildman–Crippen MR) is 115 cm³/mol. The molecule has 2 aromatic carbocycles. The summed E-state index contributed by atoms with van der Waals surface area (Å²) in [5, 5.41) is 10.0. The van der Waals surface area contributed by atoms with E-state index in [1.807, 2.05) is 6.07 Å². The zero-order chi connectivity index (χ0) is 22.0. The number of carbonyl (C=O) groups is 2. The number of aromatic amines is 1. The zero-order valence-electron chi connectivity index (χ0n) is 16.9. The lowest BCUT2D eigenvalue weighted by molar-refractivity contribution is 0.0864. The molecule has 162 valence electrons. The van der Waals surface area contributed by atoms with Crippen LogP contribution >= 0.6 is 0 Å². The Morgan fingerprint density at radius 2 is 1.91 bits per heavy atom. The summed E-state index contributed by atoms with van der Waals surface area (Å²) in [6.45, 7) is 0. The minimum absolute atomic E-state index is 0.107. The molecule has 0 bridgehead atoms. The van der Waals surface area contributed by atoms with Gasteiger partial charge in [-0.2, -0.15) is 5.10 Å². The van der Waals surface area contributed by atoms with Crippen molar-refractivity contribution in [2.75, 3.05) is 5.32 Å². The van der Waals surface area contributed by atoms with Crippen molar-refractivity contribution in [3.05, 3.63) is 59.4 Å². The van der Waals surface area contributed by atoms with Crippen molar-refractivity contribution in [3.63, 3.8) is 0 Å². The van der Waals surface area contributed by atoms with Gasteiger partial charge in [0.05, 0.1) is 5.56 Å². The number of amides is 2. The van der Waals surface area contributed by atoms with Crippen LogP contribution in [0, 0.1) is 0 Å². The van der Waals surface area contributed by atoms with Crippen LogP contribution in [0.15, 0.2) is 47.4 Å². The fourth-order valence-corrected chi connectivity index (χ4v) is 5.78. The van der Waals surface area contributed by atoms with Gasteiger partial charge in [-0.15, -0.1) is 0 Å². The first-order chi connectivity index (χ1) is 15.4. The normalized spacial score (nSPS) is 19.1. The molecule has 3 aliphatic rings. The summed E-state index contributed by atoms with van der Waals surface area (Å²) in [5.74, 6) is 0.914. The van der Waals surface area contributed by atoms with E-state index < -0.39 is 21.8 Å². The molecule has 3 aromatic rings. The van der Waals surface area contributed by atoms with Gasteiger partial charge in [-0.3, -0.25) is 14.7 Å². The molecule has 9 nitrogen and oxygen atoms in total. The second-order valence-electron chi connectivity index (χ2n) is 8.40. The first kappa shape index (κ1) is 19.2. The summed E-state index contributed by atoms with van der Waals surface area (Å²) in [5.41, 5.74) is 1.57. The number of nitrogens with one attached hydrogen (secondary N) is 2. The highest BCUT2D eigenvalue weighted by atomic mass is 32.2. The number of nitrogens with zero attached hydrogens (tertiary/aromatic N) is 3. The maximum Gasteiger partial charge on any atom is 0.269 e. The molecule has 6 rings (SSSR count). The van der Waals surface area contributed by atoms with E-state index in [4.69, 9.17) is 0 Å². The van der Waals surface area contributed by atoms with Crippen LogP contribution in [0.2, 0.25) is 0 Å². The Balaban J connectivity index is 1.25. The predicted octanol–water partition coefficient (Wildman–Crippen LogP) is 2.91. The molecule has 2 fully saturated rings. The molecule has 2 saturated carbocycles. The number of aromatic nitrogens is 3. The third kappa shape index (κ3) is 3.10. The summed E-state index contributed by atoms with van der Waals surface area (Å²) in [6, 6.07) is 11.0. The van der Waals surface area contributed by atoms with E-state index >= 15 is 0 Å². The van der Waals surface area contributed by atoms with Gasteiger partial charge in [0.1, 0.15) is 10.7 Å². The SMILES string of the molecule is O=C(Nc1cccc(-c2n[nH]c(C3CC3)n2)c1)c1ccc2c(c1)S(=O)(=O)N(C1CC1)C2=O. The summed E-state index contributed by atoms with van der Waals surface area (Å²) in [4.78, 5) is 29.8. The van der Waals surface area contributed by atoms with Crippen LogP contribution in [0.3, 0.4) is 0 Å². The molecule has 2 N–H and O–H groups in total. The Labute approximate surface area is 183 Å². The van der Waals surface area contributed by atoms with Gasteiger partial charge in [0.25, 0.3) is 21.8 Å². The van der Waals surface area contributed by atoms with Crippen molar-refractivity contribution in [2.45, 2.75) is 42.5 Å². The number of benzene rings is 2. The Morgan fingerprint density at radius 1 is 1.09 bits per heavy atom. The standard InChI is InChI=1S/C22H19N5O4S/c28-21(14-6-9-17-18(11-14)32(30,31)27(22(17)29)16-7-8-16)23-15-3-1-2-13(10-15)20-24-19(25-26-20)12-4-5-12/h1-3,6,9-12,16H,4-5,7-8H2,(H,23,28)(H,24,25,26). The molecule has 0 saturated heterocycles. The fourth-order valence-electron chi connectivity index (χ4n) is 3.94. The maximum absolute atomic E-state index is 12.8. The van der Waals surface area contributed by atoms with Crippen molar-refractivity contribution in [3.8, 4) is 11.4 Å². The van der Waals surface area contributed by atoms with Gasteiger partial charge in [-0.25, -0.2) is 17.7 Å². The van der Waals surface area contributed by atoms with E-state index in [-0.39, 0.29) is 22.1 Å². The van der Waals surface area contributed by atoms with Crippen LogP contribution in [0.1, 0.15) is 58.1 Å². The lowest BCUT2D eigenvalue weighted by Crippen LogP contribution is -2.31. The number of sulfonamides is 1. The van der Waals surface area contributed by atoms with Crippen molar-refractivity contribution in [1.29, 1.82) is 0 Å². The Kier molecular flexibility index (Phi) is 4.03. The minimum atomic E-state index is -3.92. The van der Waals surface area contributed by atoms with Crippen LogP contribution in [0.5, 0.6) is 0 Å². The molecule has 10 heteroatoms. The van der Waals surface area contributed by atoms with Crippen molar-refractivity contribution < 1.29 is 18.0 Å². The summed E-state index contributed by atoms with van der Waals surface area (Å²) >= 11 is 0. The van der Waals surface area contributed by atoms with E-state index in [0.29, 0.717) is 30.3 Å². The van der Waals surface area contributed by atoms with Gasteiger partial charge in [-0.1, -0.05) is 12.1 Å². The van der Waals surface area contributed by atoms with Gasteiger partial charge in [0.15, 0.2) is 5.82 Å². The molecule has 0 atom stereocenters. The van der Waals surface area contributed by atoms with E-state index in [1.54, 1.807) is 18.2 Å².